The maximum Gasteiger partial charge on any atom is 0.122 e. The third kappa shape index (κ3) is 5.81. The van der Waals surface area contributed by atoms with Gasteiger partial charge in [0.15, 0.2) is 0 Å². The second-order valence-electron chi connectivity index (χ2n) is 7.23. The van der Waals surface area contributed by atoms with Crippen LogP contribution in [0.1, 0.15) is 44.9 Å². The Balaban J connectivity index is 1.83. The Hall–Kier alpha value is -0.840. The number of rotatable bonds is 6. The number of hydrogen-bond acceptors (Lipinski definition) is 4. The minimum atomic E-state index is 0.128. The molecule has 0 saturated carbocycles. The first-order valence-corrected chi connectivity index (χ1v) is 8.00. The lowest BCUT2D eigenvalue weighted by Crippen LogP contribution is -2.35. The summed E-state index contributed by atoms with van der Waals surface area (Å²) in [6.45, 7) is 11.3. The van der Waals surface area contributed by atoms with E-state index in [2.05, 4.69) is 44.1 Å². The van der Waals surface area contributed by atoms with E-state index in [4.69, 9.17) is 9.15 Å². The van der Waals surface area contributed by atoms with Crippen molar-refractivity contribution in [3.63, 3.8) is 0 Å². The highest BCUT2D eigenvalue weighted by atomic mass is 16.5. The number of nitrogens with one attached hydrogen (secondary N) is 1. The number of ether oxygens (including phenoxy) is 1. The molecule has 21 heavy (non-hydrogen) atoms. The zero-order valence-corrected chi connectivity index (χ0v) is 13.9. The first kappa shape index (κ1) is 16.5. The normalized spacial score (nSPS) is 17.6. The van der Waals surface area contributed by atoms with Gasteiger partial charge in [-0.25, -0.2) is 0 Å². The summed E-state index contributed by atoms with van der Waals surface area (Å²) in [5, 5.41) is 3.52. The van der Waals surface area contributed by atoms with Crippen LogP contribution in [0, 0.1) is 5.92 Å². The van der Waals surface area contributed by atoms with Crippen LogP contribution < -0.4 is 5.32 Å². The van der Waals surface area contributed by atoms with Crippen molar-refractivity contribution in [3.05, 3.63) is 23.7 Å². The molecule has 0 atom stereocenters. The molecule has 0 radical (unpaired) electrons. The minimum absolute atomic E-state index is 0.128. The molecule has 120 valence electrons. The number of hydrogen-bond donors (Lipinski definition) is 1. The Bertz CT molecular complexity index is 417. The fourth-order valence-electron chi connectivity index (χ4n) is 2.70. The molecule has 1 N–H and O–H groups in total. The summed E-state index contributed by atoms with van der Waals surface area (Å²) in [5.41, 5.74) is 1.39. The molecule has 0 bridgehead atoms. The van der Waals surface area contributed by atoms with Crippen molar-refractivity contribution in [3.8, 4) is 0 Å². The molecular formula is C17H30N2O2. The van der Waals surface area contributed by atoms with Crippen molar-refractivity contribution >= 4 is 0 Å². The molecule has 2 heterocycles. The topological polar surface area (TPSA) is 37.6 Å². The second-order valence-corrected chi connectivity index (χ2v) is 7.23. The quantitative estimate of drug-likeness (QED) is 0.875. The Kier molecular flexibility index (Phi) is 5.85. The Labute approximate surface area is 128 Å². The first-order valence-electron chi connectivity index (χ1n) is 8.00. The molecule has 4 nitrogen and oxygen atoms in total. The molecule has 0 unspecified atom stereocenters. The van der Waals surface area contributed by atoms with Gasteiger partial charge in [-0.2, -0.15) is 0 Å². The van der Waals surface area contributed by atoms with E-state index in [0.717, 1.165) is 44.5 Å². The average molecular weight is 294 g/mol. The zero-order chi connectivity index (χ0) is 15.3. The van der Waals surface area contributed by atoms with E-state index in [9.17, 15) is 0 Å². The van der Waals surface area contributed by atoms with Crippen LogP contribution in [0.5, 0.6) is 0 Å². The highest BCUT2D eigenvalue weighted by Gasteiger charge is 2.18. The molecule has 4 heteroatoms. The largest absolute Gasteiger partial charge is 0.468 e. The minimum Gasteiger partial charge on any atom is -0.468 e. The maximum absolute atomic E-state index is 5.68. The summed E-state index contributed by atoms with van der Waals surface area (Å²) >= 11 is 0. The summed E-state index contributed by atoms with van der Waals surface area (Å²) in [7, 11) is 2.18. The van der Waals surface area contributed by atoms with E-state index >= 15 is 0 Å². The standard InChI is InChI=1S/C17H30N2O2/c1-17(2,3)18-11-15-7-10-21-16(15)13-19(4)12-14-5-8-20-9-6-14/h7,10,14,18H,5-6,8-9,11-13H2,1-4H3. The number of furan rings is 1. The lowest BCUT2D eigenvalue weighted by molar-refractivity contribution is 0.0542. The van der Waals surface area contributed by atoms with Gasteiger partial charge in [0.25, 0.3) is 0 Å². The Morgan fingerprint density at radius 3 is 2.67 bits per heavy atom. The van der Waals surface area contributed by atoms with Crippen molar-refractivity contribution in [1.29, 1.82) is 0 Å². The van der Waals surface area contributed by atoms with Gasteiger partial charge in [-0.05, 0) is 52.6 Å². The Morgan fingerprint density at radius 2 is 2.00 bits per heavy atom. The van der Waals surface area contributed by atoms with Crippen molar-refractivity contribution < 1.29 is 9.15 Å². The first-order chi connectivity index (χ1) is 9.94. The van der Waals surface area contributed by atoms with Gasteiger partial charge in [-0.3, -0.25) is 4.90 Å². The van der Waals surface area contributed by atoms with Crippen LogP contribution in [-0.2, 0) is 17.8 Å². The van der Waals surface area contributed by atoms with Crippen LogP contribution in [0.15, 0.2) is 16.7 Å². The van der Waals surface area contributed by atoms with Gasteiger partial charge in [0.05, 0.1) is 12.8 Å². The lowest BCUT2D eigenvalue weighted by Gasteiger charge is -2.27. The molecule has 1 aromatic rings. The highest BCUT2D eigenvalue weighted by molar-refractivity contribution is 5.17. The summed E-state index contributed by atoms with van der Waals surface area (Å²) in [6, 6.07) is 2.08. The summed E-state index contributed by atoms with van der Waals surface area (Å²) < 4.78 is 11.1. The molecule has 0 aromatic carbocycles. The molecule has 0 spiro atoms. The average Bonchev–Trinajstić information content (AvgIpc) is 2.84. The van der Waals surface area contributed by atoms with Gasteiger partial charge in [0.2, 0.25) is 0 Å². The molecule has 1 aliphatic rings. The summed E-state index contributed by atoms with van der Waals surface area (Å²) in [5.74, 6) is 1.84. The fourth-order valence-corrected chi connectivity index (χ4v) is 2.70. The van der Waals surface area contributed by atoms with E-state index in [1.165, 1.54) is 18.4 Å². The molecular weight excluding hydrogens is 264 g/mol. The van der Waals surface area contributed by atoms with E-state index in [1.54, 1.807) is 6.26 Å². The van der Waals surface area contributed by atoms with Crippen LogP contribution in [0.2, 0.25) is 0 Å². The van der Waals surface area contributed by atoms with Crippen molar-refractivity contribution in [2.75, 3.05) is 26.8 Å². The van der Waals surface area contributed by atoms with E-state index in [0.29, 0.717) is 0 Å². The predicted molar refractivity (Wildman–Crippen MR) is 85.2 cm³/mol. The van der Waals surface area contributed by atoms with Gasteiger partial charge in [-0.15, -0.1) is 0 Å². The summed E-state index contributed by atoms with van der Waals surface area (Å²) in [6.07, 6.45) is 4.17. The molecule has 1 fully saturated rings. The fraction of sp³-hybridized carbons (Fsp3) is 0.765. The van der Waals surface area contributed by atoms with Crippen LogP contribution >= 0.6 is 0 Å². The number of nitrogens with zero attached hydrogens (tertiary/aromatic N) is 1. The smallest absolute Gasteiger partial charge is 0.122 e. The van der Waals surface area contributed by atoms with Crippen LogP contribution in [0.25, 0.3) is 0 Å². The van der Waals surface area contributed by atoms with Crippen LogP contribution in [-0.4, -0.2) is 37.2 Å². The molecule has 1 saturated heterocycles. The SMILES string of the molecule is CN(Cc1occc1CNC(C)(C)C)CC1CCOCC1. The highest BCUT2D eigenvalue weighted by Crippen LogP contribution is 2.18. The van der Waals surface area contributed by atoms with Crippen molar-refractivity contribution in [1.82, 2.24) is 10.2 Å². The zero-order valence-electron chi connectivity index (χ0n) is 13.9. The summed E-state index contributed by atoms with van der Waals surface area (Å²) in [4.78, 5) is 2.37. The molecule has 1 aromatic heterocycles. The second kappa shape index (κ2) is 7.43. The molecule has 0 aliphatic carbocycles. The van der Waals surface area contributed by atoms with E-state index < -0.39 is 0 Å². The van der Waals surface area contributed by atoms with Gasteiger partial charge in [0.1, 0.15) is 5.76 Å². The van der Waals surface area contributed by atoms with Gasteiger partial charge >= 0.3 is 0 Å². The van der Waals surface area contributed by atoms with Crippen LogP contribution in [0.3, 0.4) is 0 Å². The monoisotopic (exact) mass is 294 g/mol. The van der Waals surface area contributed by atoms with Gasteiger partial charge in [-0.1, -0.05) is 0 Å². The maximum atomic E-state index is 5.68. The van der Waals surface area contributed by atoms with E-state index in [1.807, 2.05) is 0 Å². The third-order valence-corrected chi connectivity index (χ3v) is 3.97. The predicted octanol–water partition coefficient (Wildman–Crippen LogP) is 3.03. The lowest BCUT2D eigenvalue weighted by atomic mass is 10.00. The van der Waals surface area contributed by atoms with Crippen LogP contribution in [0.4, 0.5) is 0 Å². The van der Waals surface area contributed by atoms with Crippen molar-refractivity contribution in [2.45, 2.75) is 52.2 Å². The van der Waals surface area contributed by atoms with Gasteiger partial charge < -0.3 is 14.5 Å². The Morgan fingerprint density at radius 1 is 1.29 bits per heavy atom. The van der Waals surface area contributed by atoms with Gasteiger partial charge in [0, 0.05) is 37.4 Å². The molecule has 2 rings (SSSR count). The molecule has 1 aliphatic heterocycles. The van der Waals surface area contributed by atoms with E-state index in [-0.39, 0.29) is 5.54 Å². The molecule has 0 amide bonds. The third-order valence-electron chi connectivity index (χ3n) is 3.97. The van der Waals surface area contributed by atoms with Crippen molar-refractivity contribution in [2.24, 2.45) is 5.92 Å².